The van der Waals surface area contributed by atoms with E-state index in [1.165, 1.54) is 13.1 Å². The number of rotatable bonds is 7. The molecular weight excluding hydrogens is 542 g/mol. The number of phenols is 1. The average Bonchev–Trinajstić information content (AvgIpc) is 2.85. The Balaban J connectivity index is 0.00000308. The van der Waals surface area contributed by atoms with Crippen molar-refractivity contribution in [2.45, 2.75) is 50.7 Å². The molecule has 6 nitrogen and oxygen atoms in total. The van der Waals surface area contributed by atoms with Gasteiger partial charge in [0.25, 0.3) is 0 Å². The highest BCUT2D eigenvalue weighted by Gasteiger charge is 2.39. The zero-order valence-corrected chi connectivity index (χ0v) is 22.6. The van der Waals surface area contributed by atoms with Crippen LogP contribution in [0.1, 0.15) is 57.6 Å². The lowest BCUT2D eigenvalue weighted by atomic mass is 9.78. The predicted octanol–water partition coefficient (Wildman–Crippen LogP) is 6.84. The first kappa shape index (κ1) is 22.2. The molecule has 1 fully saturated rings. The summed E-state index contributed by atoms with van der Waals surface area (Å²) in [6, 6.07) is 8.50. The third-order valence-corrected chi connectivity index (χ3v) is 7.13. The van der Waals surface area contributed by atoms with Crippen LogP contribution in [0.5, 0.6) is 5.75 Å². The molecule has 1 saturated carbocycles. The highest BCUT2D eigenvalue weighted by atomic mass is 35.5. The summed E-state index contributed by atoms with van der Waals surface area (Å²) < 4.78 is 47.0. The molecule has 1 aromatic heterocycles. The Kier molecular flexibility index (Phi) is 7.79. The Bertz CT molecular complexity index is 1390. The van der Waals surface area contributed by atoms with Gasteiger partial charge in [0.15, 0.2) is 11.5 Å². The summed E-state index contributed by atoms with van der Waals surface area (Å²) in [5.74, 6) is -0.502. The normalized spacial score (nSPS) is 17.9. The van der Waals surface area contributed by atoms with Gasteiger partial charge in [-0.15, -0.1) is 24.8 Å². The van der Waals surface area contributed by atoms with Gasteiger partial charge in [-0.2, -0.15) is 0 Å². The van der Waals surface area contributed by atoms with Crippen molar-refractivity contribution in [3.8, 4) is 16.9 Å². The van der Waals surface area contributed by atoms with Gasteiger partial charge in [-0.05, 0) is 69.1 Å². The van der Waals surface area contributed by atoms with E-state index in [0.29, 0.717) is 40.6 Å². The average molecular weight is 580 g/mol. The second-order valence-electron chi connectivity index (χ2n) is 8.69. The van der Waals surface area contributed by atoms with Crippen molar-refractivity contribution in [3.05, 3.63) is 52.1 Å². The lowest BCUT2D eigenvalue weighted by molar-refractivity contribution is 0.101. The van der Waals surface area contributed by atoms with Crippen LogP contribution < -0.4 is 16.0 Å². The Labute approximate surface area is 242 Å². The SMILES string of the molecule is Cl.Cl.[2H]C([2H])([2H])NC(NC([2H])([2H])[2H])C1(Nc2c(C(C)=O)cnc3ccc(-c4cc(Cl)c(O)c(Cl)c4)cc23)CCCCC1. The molecule has 2 aromatic carbocycles. The van der Waals surface area contributed by atoms with Gasteiger partial charge >= 0.3 is 0 Å². The molecule has 0 atom stereocenters. The number of aromatic nitrogens is 1. The quantitative estimate of drug-likeness (QED) is 0.181. The minimum absolute atomic E-state index is 0. The lowest BCUT2D eigenvalue weighted by Crippen LogP contribution is -2.61. The van der Waals surface area contributed by atoms with Gasteiger partial charge in [-0.1, -0.05) is 48.5 Å². The van der Waals surface area contributed by atoms with Crippen LogP contribution in [-0.2, 0) is 0 Å². The molecular formula is C26H32Cl4N4O2. The summed E-state index contributed by atoms with van der Waals surface area (Å²) in [6.07, 6.45) is 3.53. The van der Waals surface area contributed by atoms with Crippen LogP contribution in [0.3, 0.4) is 0 Å². The smallest absolute Gasteiger partial charge is 0.163 e. The summed E-state index contributed by atoms with van der Waals surface area (Å²) >= 11 is 12.3. The highest BCUT2D eigenvalue weighted by Crippen LogP contribution is 2.40. The number of carbonyl (C=O) groups excluding carboxylic acids is 1. The van der Waals surface area contributed by atoms with Crippen LogP contribution in [0.15, 0.2) is 36.5 Å². The van der Waals surface area contributed by atoms with E-state index < -0.39 is 25.7 Å². The van der Waals surface area contributed by atoms with Gasteiger partial charge in [0, 0.05) is 19.8 Å². The number of pyridine rings is 1. The molecule has 196 valence electrons. The van der Waals surface area contributed by atoms with E-state index in [2.05, 4.69) is 20.9 Å². The van der Waals surface area contributed by atoms with Gasteiger partial charge in [0.1, 0.15) is 0 Å². The number of carbonyl (C=O) groups is 1. The van der Waals surface area contributed by atoms with Gasteiger partial charge in [-0.3, -0.25) is 9.78 Å². The molecule has 1 aliphatic rings. The zero-order chi connectivity index (χ0) is 29.5. The molecule has 10 heteroatoms. The summed E-state index contributed by atoms with van der Waals surface area (Å²) in [5, 5.41) is 19.2. The minimum atomic E-state index is -2.64. The Morgan fingerprint density at radius 3 is 2.28 bits per heavy atom. The molecule has 0 radical (unpaired) electrons. The molecule has 0 saturated heterocycles. The maximum absolute atomic E-state index is 12.8. The first-order valence-electron chi connectivity index (χ1n) is 14.0. The number of phenolic OH excluding ortho intramolecular Hbond substituents is 1. The molecule has 4 N–H and O–H groups in total. The van der Waals surface area contributed by atoms with Gasteiger partial charge in [0.2, 0.25) is 0 Å². The second kappa shape index (κ2) is 12.6. The zero-order valence-electron chi connectivity index (χ0n) is 25.5. The predicted molar refractivity (Wildman–Crippen MR) is 155 cm³/mol. The maximum Gasteiger partial charge on any atom is 0.163 e. The summed E-state index contributed by atoms with van der Waals surface area (Å²) in [7, 11) is 0. The molecule has 1 aliphatic carbocycles. The van der Waals surface area contributed by atoms with E-state index in [1.807, 2.05) is 0 Å². The first-order valence-corrected chi connectivity index (χ1v) is 11.8. The van der Waals surface area contributed by atoms with Crippen molar-refractivity contribution < 1.29 is 18.1 Å². The number of nitrogens with one attached hydrogen (secondary N) is 3. The van der Waals surface area contributed by atoms with E-state index in [9.17, 15) is 9.90 Å². The van der Waals surface area contributed by atoms with Crippen molar-refractivity contribution in [3.63, 3.8) is 0 Å². The first-order chi connectivity index (χ1) is 18.6. The number of aromatic hydroxyl groups is 1. The van der Waals surface area contributed by atoms with Crippen LogP contribution in [0, 0.1) is 0 Å². The minimum Gasteiger partial charge on any atom is -0.505 e. The number of Topliss-reactive ketones (excluding diaryl/α,β-unsaturated/α-hetero) is 1. The largest absolute Gasteiger partial charge is 0.505 e. The van der Waals surface area contributed by atoms with Crippen molar-refractivity contribution in [1.29, 1.82) is 0 Å². The number of ketones is 1. The molecule has 0 unspecified atom stereocenters. The van der Waals surface area contributed by atoms with Crippen LogP contribution >= 0.6 is 48.0 Å². The fourth-order valence-corrected chi connectivity index (χ4v) is 5.22. The highest BCUT2D eigenvalue weighted by molar-refractivity contribution is 6.37. The van der Waals surface area contributed by atoms with Crippen LogP contribution in [0.2, 0.25) is 10.0 Å². The van der Waals surface area contributed by atoms with E-state index in [-0.39, 0.29) is 52.0 Å². The number of hydrogen-bond donors (Lipinski definition) is 4. The molecule has 1 heterocycles. The topological polar surface area (TPSA) is 86.3 Å². The monoisotopic (exact) mass is 578 g/mol. The van der Waals surface area contributed by atoms with Crippen molar-refractivity contribution in [2.24, 2.45) is 0 Å². The fourth-order valence-electron chi connectivity index (χ4n) is 4.74. The van der Waals surface area contributed by atoms with Crippen LogP contribution in [0.25, 0.3) is 22.0 Å². The van der Waals surface area contributed by atoms with E-state index in [1.54, 1.807) is 30.3 Å². The number of hydrogen-bond acceptors (Lipinski definition) is 6. The van der Waals surface area contributed by atoms with Crippen molar-refractivity contribution >= 4 is 70.4 Å². The maximum atomic E-state index is 12.8. The van der Waals surface area contributed by atoms with Gasteiger partial charge in [0.05, 0.1) is 38.5 Å². The lowest BCUT2D eigenvalue weighted by Gasteiger charge is -2.45. The van der Waals surface area contributed by atoms with Crippen LogP contribution in [-0.4, -0.2) is 41.5 Å². The van der Waals surface area contributed by atoms with Crippen molar-refractivity contribution in [2.75, 3.05) is 19.3 Å². The molecule has 0 aliphatic heterocycles. The molecule has 0 amide bonds. The van der Waals surface area contributed by atoms with Crippen LogP contribution in [0.4, 0.5) is 5.69 Å². The third-order valence-electron chi connectivity index (χ3n) is 6.56. The molecule has 3 aromatic rings. The molecule has 36 heavy (non-hydrogen) atoms. The standard InChI is InChI=1S/C26H30Cl2N4O2.2ClH/c1-15(33)19-14-31-22-8-7-16(17-12-20(27)24(34)21(28)13-17)11-18(22)23(19)32-26(25(29-2)30-3)9-5-4-6-10-26;;/h7-8,11-14,25,29-30,34H,4-6,9-10H2,1-3H3,(H,31,32);2*1H/i2D3,3D3;;. The summed E-state index contributed by atoms with van der Waals surface area (Å²) in [4.78, 5) is 17.3. The summed E-state index contributed by atoms with van der Waals surface area (Å²) in [5.41, 5.74) is 1.48. The molecule has 0 bridgehead atoms. The number of anilines is 1. The molecule has 0 spiro atoms. The third kappa shape index (κ3) is 5.85. The van der Waals surface area contributed by atoms with E-state index >= 15 is 0 Å². The summed E-state index contributed by atoms with van der Waals surface area (Å²) in [6.45, 7) is -3.86. The van der Waals surface area contributed by atoms with E-state index in [0.717, 1.165) is 19.3 Å². The number of likely N-dealkylation sites (N-methyl/N-ethyl adjacent to an activating group) is 2. The number of nitrogens with zero attached hydrogens (tertiary/aromatic N) is 1. The van der Waals surface area contributed by atoms with Crippen molar-refractivity contribution in [1.82, 2.24) is 15.6 Å². The van der Waals surface area contributed by atoms with Gasteiger partial charge in [-0.25, -0.2) is 0 Å². The van der Waals surface area contributed by atoms with Gasteiger partial charge < -0.3 is 21.1 Å². The number of benzene rings is 2. The Hall–Kier alpha value is -1.80. The number of halogens is 4. The Morgan fingerprint density at radius 2 is 1.69 bits per heavy atom. The fraction of sp³-hybridized carbons (Fsp3) is 0.385. The Morgan fingerprint density at radius 1 is 1.06 bits per heavy atom. The molecule has 4 rings (SSSR count). The second-order valence-corrected chi connectivity index (χ2v) is 9.50. The number of fused-ring (bicyclic) bond motifs is 1. The van der Waals surface area contributed by atoms with E-state index in [4.69, 9.17) is 31.4 Å².